The molecule has 0 radical (unpaired) electrons. The van der Waals surface area contributed by atoms with Gasteiger partial charge in [-0.2, -0.15) is 0 Å². The van der Waals surface area contributed by atoms with E-state index in [1.165, 1.54) is 0 Å². The molecule has 0 saturated heterocycles. The summed E-state index contributed by atoms with van der Waals surface area (Å²) in [7, 11) is 0. The predicted octanol–water partition coefficient (Wildman–Crippen LogP) is 2.72. The van der Waals surface area contributed by atoms with Crippen LogP contribution in [-0.2, 0) is 4.79 Å². The number of nitrogens with two attached hydrogens (primary N) is 1. The van der Waals surface area contributed by atoms with Crippen LogP contribution < -0.4 is 15.8 Å². The van der Waals surface area contributed by atoms with Gasteiger partial charge in [0.05, 0.1) is 0 Å². The summed E-state index contributed by atoms with van der Waals surface area (Å²) in [6.45, 7) is 1.85. The highest BCUT2D eigenvalue weighted by atomic mass is 16.5. The van der Waals surface area contributed by atoms with E-state index in [9.17, 15) is 4.79 Å². The fourth-order valence-corrected chi connectivity index (χ4v) is 1.86. The van der Waals surface area contributed by atoms with Gasteiger partial charge in [-0.05, 0) is 30.7 Å². The van der Waals surface area contributed by atoms with Gasteiger partial charge in [0, 0.05) is 11.7 Å². The SMILES string of the molecule is CC(N)c1ccccc1NC(=O)COc1ccccc1. The van der Waals surface area contributed by atoms with Gasteiger partial charge < -0.3 is 15.8 Å². The molecular formula is C16H18N2O2. The lowest BCUT2D eigenvalue weighted by Gasteiger charge is -2.13. The summed E-state index contributed by atoms with van der Waals surface area (Å²) in [5.41, 5.74) is 7.50. The van der Waals surface area contributed by atoms with E-state index in [1.807, 2.05) is 61.5 Å². The minimum absolute atomic E-state index is 0.0305. The van der Waals surface area contributed by atoms with Crippen molar-refractivity contribution in [2.75, 3.05) is 11.9 Å². The summed E-state index contributed by atoms with van der Waals surface area (Å²) in [5, 5.41) is 2.82. The van der Waals surface area contributed by atoms with Crippen molar-refractivity contribution in [2.45, 2.75) is 13.0 Å². The average Bonchev–Trinajstić information content (AvgIpc) is 2.46. The second-order valence-electron chi connectivity index (χ2n) is 4.53. The molecule has 2 rings (SSSR count). The molecule has 1 atom stereocenters. The summed E-state index contributed by atoms with van der Waals surface area (Å²) >= 11 is 0. The Morgan fingerprint density at radius 3 is 2.50 bits per heavy atom. The van der Waals surface area contributed by atoms with Gasteiger partial charge in [-0.25, -0.2) is 0 Å². The van der Waals surface area contributed by atoms with Crippen molar-refractivity contribution in [2.24, 2.45) is 5.73 Å². The van der Waals surface area contributed by atoms with Crippen LogP contribution in [0.25, 0.3) is 0 Å². The van der Waals surface area contributed by atoms with Crippen LogP contribution in [0.2, 0.25) is 0 Å². The van der Waals surface area contributed by atoms with Crippen molar-refractivity contribution in [1.29, 1.82) is 0 Å². The largest absolute Gasteiger partial charge is 0.484 e. The smallest absolute Gasteiger partial charge is 0.262 e. The maximum Gasteiger partial charge on any atom is 0.262 e. The predicted molar refractivity (Wildman–Crippen MR) is 79.6 cm³/mol. The van der Waals surface area contributed by atoms with E-state index in [2.05, 4.69) is 5.32 Å². The first-order chi connectivity index (χ1) is 9.66. The first-order valence-corrected chi connectivity index (χ1v) is 6.49. The summed E-state index contributed by atoms with van der Waals surface area (Å²) in [4.78, 5) is 11.9. The second kappa shape index (κ2) is 6.73. The van der Waals surface area contributed by atoms with Crippen molar-refractivity contribution in [1.82, 2.24) is 0 Å². The van der Waals surface area contributed by atoms with Gasteiger partial charge in [0.1, 0.15) is 5.75 Å². The molecule has 0 saturated carbocycles. The molecule has 0 aliphatic rings. The first kappa shape index (κ1) is 14.1. The Morgan fingerprint density at radius 2 is 1.80 bits per heavy atom. The van der Waals surface area contributed by atoms with E-state index >= 15 is 0 Å². The Morgan fingerprint density at radius 1 is 1.15 bits per heavy atom. The third kappa shape index (κ3) is 3.83. The van der Waals surface area contributed by atoms with Crippen LogP contribution in [0.3, 0.4) is 0 Å². The summed E-state index contributed by atoms with van der Waals surface area (Å²) in [6.07, 6.45) is 0. The minimum atomic E-state index is -0.207. The Hall–Kier alpha value is -2.33. The average molecular weight is 270 g/mol. The standard InChI is InChI=1S/C16H18N2O2/c1-12(17)14-9-5-6-10-15(14)18-16(19)11-20-13-7-3-2-4-8-13/h2-10,12H,11,17H2,1H3,(H,18,19). The highest BCUT2D eigenvalue weighted by Crippen LogP contribution is 2.20. The van der Waals surface area contributed by atoms with Gasteiger partial charge >= 0.3 is 0 Å². The highest BCUT2D eigenvalue weighted by molar-refractivity contribution is 5.92. The Kier molecular flexibility index (Phi) is 4.74. The van der Waals surface area contributed by atoms with Crippen molar-refractivity contribution >= 4 is 11.6 Å². The van der Waals surface area contributed by atoms with Crippen molar-refractivity contribution in [3.05, 3.63) is 60.2 Å². The molecule has 20 heavy (non-hydrogen) atoms. The molecule has 4 heteroatoms. The monoisotopic (exact) mass is 270 g/mol. The number of rotatable bonds is 5. The summed E-state index contributed by atoms with van der Waals surface area (Å²) < 4.78 is 5.40. The molecule has 0 spiro atoms. The van der Waals surface area contributed by atoms with Gasteiger partial charge in [0.15, 0.2) is 6.61 Å². The molecule has 3 N–H and O–H groups in total. The van der Waals surface area contributed by atoms with Gasteiger partial charge in [0.2, 0.25) is 0 Å². The quantitative estimate of drug-likeness (QED) is 0.878. The number of amides is 1. The fourth-order valence-electron chi connectivity index (χ4n) is 1.86. The van der Waals surface area contributed by atoms with Crippen LogP contribution in [0.5, 0.6) is 5.75 Å². The molecule has 104 valence electrons. The Balaban J connectivity index is 1.95. The number of nitrogens with one attached hydrogen (secondary N) is 1. The fraction of sp³-hybridized carbons (Fsp3) is 0.188. The number of hydrogen-bond acceptors (Lipinski definition) is 3. The highest BCUT2D eigenvalue weighted by Gasteiger charge is 2.09. The molecule has 0 aliphatic carbocycles. The maximum absolute atomic E-state index is 11.9. The molecule has 0 fully saturated rings. The zero-order chi connectivity index (χ0) is 14.4. The molecule has 1 amide bonds. The van der Waals surface area contributed by atoms with Crippen LogP contribution in [0.4, 0.5) is 5.69 Å². The third-order valence-corrected chi connectivity index (χ3v) is 2.84. The van der Waals surface area contributed by atoms with E-state index < -0.39 is 0 Å². The molecule has 0 aromatic heterocycles. The lowest BCUT2D eigenvalue weighted by Crippen LogP contribution is -2.21. The number of hydrogen-bond donors (Lipinski definition) is 2. The van der Waals surface area contributed by atoms with Crippen molar-refractivity contribution in [3.8, 4) is 5.75 Å². The van der Waals surface area contributed by atoms with Gasteiger partial charge in [0.25, 0.3) is 5.91 Å². The number of carbonyl (C=O) groups excluding carboxylic acids is 1. The number of anilines is 1. The van der Waals surface area contributed by atoms with E-state index in [0.29, 0.717) is 5.75 Å². The Bertz CT molecular complexity index is 568. The maximum atomic E-state index is 11.9. The number of para-hydroxylation sites is 2. The van der Waals surface area contributed by atoms with Crippen molar-refractivity contribution in [3.63, 3.8) is 0 Å². The molecule has 2 aromatic carbocycles. The van der Waals surface area contributed by atoms with Crippen LogP contribution in [0.15, 0.2) is 54.6 Å². The zero-order valence-electron chi connectivity index (χ0n) is 11.4. The van der Waals surface area contributed by atoms with E-state index in [0.717, 1.165) is 11.3 Å². The molecular weight excluding hydrogens is 252 g/mol. The van der Waals surface area contributed by atoms with Crippen LogP contribution >= 0.6 is 0 Å². The molecule has 0 aliphatic heterocycles. The first-order valence-electron chi connectivity index (χ1n) is 6.49. The zero-order valence-corrected chi connectivity index (χ0v) is 11.4. The third-order valence-electron chi connectivity index (χ3n) is 2.84. The van der Waals surface area contributed by atoms with E-state index in [1.54, 1.807) is 0 Å². The van der Waals surface area contributed by atoms with Crippen LogP contribution in [0.1, 0.15) is 18.5 Å². The molecule has 0 heterocycles. The lowest BCUT2D eigenvalue weighted by molar-refractivity contribution is -0.118. The Labute approximate surface area is 118 Å². The summed E-state index contributed by atoms with van der Waals surface area (Å²) in [5.74, 6) is 0.463. The van der Waals surface area contributed by atoms with E-state index in [4.69, 9.17) is 10.5 Å². The molecule has 0 bridgehead atoms. The van der Waals surface area contributed by atoms with Crippen LogP contribution in [0, 0.1) is 0 Å². The molecule has 2 aromatic rings. The van der Waals surface area contributed by atoms with Crippen LogP contribution in [-0.4, -0.2) is 12.5 Å². The molecule has 4 nitrogen and oxygen atoms in total. The lowest BCUT2D eigenvalue weighted by atomic mass is 10.1. The number of carbonyl (C=O) groups is 1. The van der Waals surface area contributed by atoms with E-state index in [-0.39, 0.29) is 18.6 Å². The van der Waals surface area contributed by atoms with Gasteiger partial charge in [-0.1, -0.05) is 36.4 Å². The number of benzene rings is 2. The topological polar surface area (TPSA) is 64.3 Å². The molecule has 1 unspecified atom stereocenters. The van der Waals surface area contributed by atoms with Crippen molar-refractivity contribution < 1.29 is 9.53 Å². The number of ether oxygens (including phenoxy) is 1. The second-order valence-corrected chi connectivity index (χ2v) is 4.53. The normalized spacial score (nSPS) is 11.7. The van der Waals surface area contributed by atoms with Gasteiger partial charge in [-0.15, -0.1) is 0 Å². The summed E-state index contributed by atoms with van der Waals surface area (Å²) in [6, 6.07) is 16.6. The van der Waals surface area contributed by atoms with Gasteiger partial charge in [-0.3, -0.25) is 4.79 Å². The minimum Gasteiger partial charge on any atom is -0.484 e.